The van der Waals surface area contributed by atoms with Gasteiger partial charge < -0.3 is 20.1 Å². The molecule has 0 aliphatic rings. The summed E-state index contributed by atoms with van der Waals surface area (Å²) in [6.45, 7) is 5.32. The maximum atomic E-state index is 10.1. The Balaban J connectivity index is 1.89. The van der Waals surface area contributed by atoms with E-state index in [2.05, 4.69) is 25.3 Å². The number of hydrogen-bond donors (Lipinski definition) is 3. The molecule has 7 nitrogen and oxygen atoms in total. The SMILES string of the molecule is COc1cc(Nc2nccc(C(C)(C)O)n2)ccc1-c1ncc(C)[nH]1. The monoisotopic (exact) mass is 339 g/mol. The van der Waals surface area contributed by atoms with Gasteiger partial charge in [0.05, 0.1) is 18.4 Å². The zero-order chi connectivity index (χ0) is 18.0. The molecule has 0 amide bonds. The molecule has 0 bridgehead atoms. The zero-order valence-corrected chi connectivity index (χ0v) is 14.7. The molecule has 0 unspecified atom stereocenters. The lowest BCUT2D eigenvalue weighted by Gasteiger charge is -2.17. The second-order valence-corrected chi connectivity index (χ2v) is 6.28. The van der Waals surface area contributed by atoms with Crippen LogP contribution < -0.4 is 10.1 Å². The van der Waals surface area contributed by atoms with Gasteiger partial charge in [0.15, 0.2) is 0 Å². The number of imidazole rings is 1. The van der Waals surface area contributed by atoms with E-state index in [-0.39, 0.29) is 0 Å². The molecule has 0 aliphatic heterocycles. The van der Waals surface area contributed by atoms with Gasteiger partial charge in [0.2, 0.25) is 5.95 Å². The number of aryl methyl sites for hydroxylation is 1. The Morgan fingerprint density at radius 3 is 2.64 bits per heavy atom. The van der Waals surface area contributed by atoms with Gasteiger partial charge in [-0.1, -0.05) is 0 Å². The predicted octanol–water partition coefficient (Wildman–Crippen LogP) is 3.15. The number of benzene rings is 1. The molecule has 0 atom stereocenters. The molecule has 2 heterocycles. The van der Waals surface area contributed by atoms with Crippen LogP contribution in [0.3, 0.4) is 0 Å². The highest BCUT2D eigenvalue weighted by Gasteiger charge is 2.18. The fourth-order valence-corrected chi connectivity index (χ4v) is 2.40. The lowest BCUT2D eigenvalue weighted by molar-refractivity contribution is 0.0738. The number of ether oxygens (including phenoxy) is 1. The van der Waals surface area contributed by atoms with Crippen LogP contribution in [0.1, 0.15) is 25.2 Å². The van der Waals surface area contributed by atoms with E-state index in [1.165, 1.54) is 0 Å². The van der Waals surface area contributed by atoms with Crippen LogP contribution in [-0.4, -0.2) is 32.2 Å². The van der Waals surface area contributed by atoms with Gasteiger partial charge in [-0.05, 0) is 39.0 Å². The predicted molar refractivity (Wildman–Crippen MR) is 95.9 cm³/mol. The standard InChI is InChI=1S/C18H21N5O2/c1-11-10-20-16(21-11)13-6-5-12(9-14(13)25-4)22-17-19-8-7-15(23-17)18(2,3)24/h5-10,24H,1-4H3,(H,20,21)(H,19,22,23). The largest absolute Gasteiger partial charge is 0.496 e. The number of methoxy groups -OCH3 is 1. The first-order valence-corrected chi connectivity index (χ1v) is 7.90. The lowest BCUT2D eigenvalue weighted by atomic mass is 10.1. The van der Waals surface area contributed by atoms with E-state index in [4.69, 9.17) is 4.74 Å². The Morgan fingerprint density at radius 1 is 1.20 bits per heavy atom. The van der Waals surface area contributed by atoms with Crippen molar-refractivity contribution in [2.24, 2.45) is 0 Å². The van der Waals surface area contributed by atoms with Gasteiger partial charge >= 0.3 is 0 Å². The van der Waals surface area contributed by atoms with Crippen molar-refractivity contribution in [3.8, 4) is 17.1 Å². The maximum absolute atomic E-state index is 10.1. The molecule has 0 spiro atoms. The van der Waals surface area contributed by atoms with E-state index in [9.17, 15) is 5.11 Å². The topological polar surface area (TPSA) is 95.9 Å². The second-order valence-electron chi connectivity index (χ2n) is 6.28. The Hall–Kier alpha value is -2.93. The molecule has 3 rings (SSSR count). The summed E-state index contributed by atoms with van der Waals surface area (Å²) in [5.74, 6) is 1.84. The van der Waals surface area contributed by atoms with Crippen molar-refractivity contribution >= 4 is 11.6 Å². The summed E-state index contributed by atoms with van der Waals surface area (Å²) in [7, 11) is 1.61. The zero-order valence-electron chi connectivity index (χ0n) is 14.7. The van der Waals surface area contributed by atoms with E-state index in [1.54, 1.807) is 39.4 Å². The van der Waals surface area contributed by atoms with Crippen LogP contribution in [0.25, 0.3) is 11.4 Å². The van der Waals surface area contributed by atoms with Crippen molar-refractivity contribution in [1.29, 1.82) is 0 Å². The molecule has 0 saturated carbocycles. The Labute approximate surface area is 146 Å². The fourth-order valence-electron chi connectivity index (χ4n) is 2.40. The van der Waals surface area contributed by atoms with Gasteiger partial charge in [-0.15, -0.1) is 0 Å². The second kappa shape index (κ2) is 6.52. The number of aromatic nitrogens is 4. The normalized spacial score (nSPS) is 11.4. The van der Waals surface area contributed by atoms with Crippen molar-refractivity contribution in [1.82, 2.24) is 19.9 Å². The molecule has 25 heavy (non-hydrogen) atoms. The van der Waals surface area contributed by atoms with E-state index in [1.807, 2.05) is 25.1 Å². The van der Waals surface area contributed by atoms with Crippen LogP contribution in [0.15, 0.2) is 36.7 Å². The maximum Gasteiger partial charge on any atom is 0.227 e. The van der Waals surface area contributed by atoms with Gasteiger partial charge in [0.1, 0.15) is 17.2 Å². The number of aliphatic hydroxyl groups is 1. The molecule has 0 saturated heterocycles. The van der Waals surface area contributed by atoms with E-state index in [0.717, 1.165) is 22.8 Å². The van der Waals surface area contributed by atoms with Gasteiger partial charge in [-0.2, -0.15) is 0 Å². The third kappa shape index (κ3) is 3.77. The van der Waals surface area contributed by atoms with Gasteiger partial charge in [-0.3, -0.25) is 0 Å². The van der Waals surface area contributed by atoms with Crippen molar-refractivity contribution in [3.63, 3.8) is 0 Å². The van der Waals surface area contributed by atoms with E-state index < -0.39 is 5.60 Å². The van der Waals surface area contributed by atoms with Crippen molar-refractivity contribution < 1.29 is 9.84 Å². The van der Waals surface area contributed by atoms with Crippen LogP contribution in [-0.2, 0) is 5.60 Å². The molecule has 0 fully saturated rings. The first-order chi connectivity index (χ1) is 11.9. The van der Waals surface area contributed by atoms with Crippen LogP contribution >= 0.6 is 0 Å². The molecule has 3 aromatic rings. The molecular formula is C18H21N5O2. The Morgan fingerprint density at radius 2 is 2.00 bits per heavy atom. The summed E-state index contributed by atoms with van der Waals surface area (Å²) in [5.41, 5.74) is 2.14. The third-order valence-corrected chi connectivity index (χ3v) is 3.70. The minimum absolute atomic E-state index is 0.406. The van der Waals surface area contributed by atoms with Crippen molar-refractivity contribution in [3.05, 3.63) is 48.0 Å². The molecule has 130 valence electrons. The van der Waals surface area contributed by atoms with E-state index >= 15 is 0 Å². The summed E-state index contributed by atoms with van der Waals surface area (Å²) < 4.78 is 5.48. The molecule has 7 heteroatoms. The summed E-state index contributed by atoms with van der Waals surface area (Å²) in [6.07, 6.45) is 3.39. The summed E-state index contributed by atoms with van der Waals surface area (Å²) in [6, 6.07) is 7.36. The van der Waals surface area contributed by atoms with Crippen LogP contribution in [0, 0.1) is 6.92 Å². The highest BCUT2D eigenvalue weighted by Crippen LogP contribution is 2.31. The number of aromatic amines is 1. The fraction of sp³-hybridized carbons (Fsp3) is 0.278. The number of anilines is 2. The molecule has 2 aromatic heterocycles. The first kappa shape index (κ1) is 16.9. The van der Waals surface area contributed by atoms with Crippen molar-refractivity contribution in [2.75, 3.05) is 12.4 Å². The molecular weight excluding hydrogens is 318 g/mol. The first-order valence-electron chi connectivity index (χ1n) is 7.90. The summed E-state index contributed by atoms with van der Waals surface area (Å²) >= 11 is 0. The number of nitrogens with one attached hydrogen (secondary N) is 2. The minimum Gasteiger partial charge on any atom is -0.496 e. The smallest absolute Gasteiger partial charge is 0.227 e. The van der Waals surface area contributed by atoms with Crippen LogP contribution in [0.5, 0.6) is 5.75 Å². The van der Waals surface area contributed by atoms with Crippen LogP contribution in [0.2, 0.25) is 0 Å². The van der Waals surface area contributed by atoms with Crippen LogP contribution in [0.4, 0.5) is 11.6 Å². The Bertz CT molecular complexity index is 883. The average Bonchev–Trinajstić information content (AvgIpc) is 3.00. The number of hydrogen-bond acceptors (Lipinski definition) is 6. The molecule has 0 radical (unpaired) electrons. The highest BCUT2D eigenvalue weighted by atomic mass is 16.5. The van der Waals surface area contributed by atoms with Gasteiger partial charge in [0.25, 0.3) is 0 Å². The highest BCUT2D eigenvalue weighted by molar-refractivity contribution is 5.70. The summed E-state index contributed by atoms with van der Waals surface area (Å²) in [4.78, 5) is 16.1. The summed E-state index contributed by atoms with van der Waals surface area (Å²) in [5, 5.41) is 13.2. The van der Waals surface area contributed by atoms with Gasteiger partial charge in [0, 0.05) is 29.8 Å². The third-order valence-electron chi connectivity index (χ3n) is 3.70. The molecule has 0 aliphatic carbocycles. The quantitative estimate of drug-likeness (QED) is 0.661. The van der Waals surface area contributed by atoms with Crippen molar-refractivity contribution in [2.45, 2.75) is 26.4 Å². The number of rotatable bonds is 5. The Kier molecular flexibility index (Phi) is 4.41. The lowest BCUT2D eigenvalue weighted by Crippen LogP contribution is -2.18. The van der Waals surface area contributed by atoms with E-state index in [0.29, 0.717) is 17.4 Å². The van der Waals surface area contributed by atoms with Gasteiger partial charge in [-0.25, -0.2) is 15.0 Å². The molecule has 1 aromatic carbocycles. The molecule has 3 N–H and O–H groups in total. The minimum atomic E-state index is -1.03. The number of H-pyrrole nitrogens is 1. The average molecular weight is 339 g/mol. The number of nitrogens with zero attached hydrogens (tertiary/aromatic N) is 3.